The lowest BCUT2D eigenvalue weighted by Crippen LogP contribution is -2.32. The topological polar surface area (TPSA) is 49.8 Å². The molecule has 2 aromatic carbocycles. The fourth-order valence-electron chi connectivity index (χ4n) is 4.24. The molecule has 4 aromatic rings. The summed E-state index contributed by atoms with van der Waals surface area (Å²) in [6.45, 7) is 0. The van der Waals surface area contributed by atoms with Gasteiger partial charge in [-0.25, -0.2) is 9.97 Å². The summed E-state index contributed by atoms with van der Waals surface area (Å²) in [5.74, 6) is 2.01. The minimum Gasteiger partial charge on any atom is -0.367 e. The predicted octanol–water partition coefficient (Wildman–Crippen LogP) is 5.62. The van der Waals surface area contributed by atoms with Crippen molar-refractivity contribution in [3.05, 3.63) is 73.1 Å². The molecule has 140 valence electrons. The van der Waals surface area contributed by atoms with E-state index in [4.69, 9.17) is 0 Å². The molecule has 2 heterocycles. The Morgan fingerprint density at radius 1 is 0.571 bits per heavy atom. The highest BCUT2D eigenvalue weighted by Crippen LogP contribution is 2.28. The van der Waals surface area contributed by atoms with Crippen molar-refractivity contribution >= 4 is 33.2 Å². The van der Waals surface area contributed by atoms with Gasteiger partial charge in [-0.15, -0.1) is 0 Å². The lowest BCUT2D eigenvalue weighted by atomic mass is 9.91. The number of nitrogens with zero attached hydrogens (tertiary/aromatic N) is 2. The van der Waals surface area contributed by atoms with E-state index in [9.17, 15) is 0 Å². The van der Waals surface area contributed by atoms with E-state index in [2.05, 4.69) is 81.3 Å². The van der Waals surface area contributed by atoms with E-state index in [0.717, 1.165) is 37.3 Å². The van der Waals surface area contributed by atoms with Crippen LogP contribution in [0.3, 0.4) is 0 Å². The van der Waals surface area contributed by atoms with E-state index in [0.29, 0.717) is 12.1 Å². The van der Waals surface area contributed by atoms with Gasteiger partial charge in [-0.3, -0.25) is 0 Å². The van der Waals surface area contributed by atoms with E-state index in [1.807, 2.05) is 12.4 Å². The first kappa shape index (κ1) is 17.0. The van der Waals surface area contributed by atoms with Crippen molar-refractivity contribution in [2.45, 2.75) is 37.8 Å². The van der Waals surface area contributed by atoms with Crippen LogP contribution in [0.5, 0.6) is 0 Å². The molecule has 1 aliphatic carbocycles. The summed E-state index contributed by atoms with van der Waals surface area (Å²) < 4.78 is 0. The van der Waals surface area contributed by atoms with Crippen LogP contribution in [-0.2, 0) is 0 Å². The van der Waals surface area contributed by atoms with Gasteiger partial charge in [0.1, 0.15) is 11.6 Å². The van der Waals surface area contributed by atoms with Gasteiger partial charge in [-0.1, -0.05) is 48.5 Å². The van der Waals surface area contributed by atoms with Gasteiger partial charge >= 0.3 is 0 Å². The number of rotatable bonds is 4. The molecule has 28 heavy (non-hydrogen) atoms. The Kier molecular flexibility index (Phi) is 4.53. The van der Waals surface area contributed by atoms with Crippen LogP contribution in [0.2, 0.25) is 0 Å². The third-order valence-electron chi connectivity index (χ3n) is 5.76. The van der Waals surface area contributed by atoms with E-state index in [-0.39, 0.29) is 0 Å². The maximum atomic E-state index is 4.59. The Morgan fingerprint density at radius 3 is 1.46 bits per heavy atom. The zero-order valence-corrected chi connectivity index (χ0v) is 15.8. The van der Waals surface area contributed by atoms with Gasteiger partial charge < -0.3 is 10.6 Å². The zero-order valence-electron chi connectivity index (χ0n) is 15.8. The predicted molar refractivity (Wildman–Crippen MR) is 117 cm³/mol. The van der Waals surface area contributed by atoms with Crippen molar-refractivity contribution in [2.75, 3.05) is 10.6 Å². The number of benzene rings is 2. The molecule has 0 amide bonds. The molecule has 4 nitrogen and oxygen atoms in total. The molecule has 5 rings (SSSR count). The summed E-state index contributed by atoms with van der Waals surface area (Å²) in [6.07, 6.45) is 8.31. The van der Waals surface area contributed by atoms with Crippen molar-refractivity contribution in [1.82, 2.24) is 9.97 Å². The standard InChI is InChI=1S/C24H24N4/c1-3-7-21-17(5-1)13-15-25-23(21)27-19-9-11-20(12-10-19)28-24-22-8-4-2-6-18(22)14-16-26-24/h1-8,13-16,19-20H,9-12H2,(H,25,27)(H,26,28). The van der Waals surface area contributed by atoms with Gasteiger partial charge in [0.2, 0.25) is 0 Å². The molecule has 0 spiro atoms. The van der Waals surface area contributed by atoms with Crippen LogP contribution in [0.25, 0.3) is 21.5 Å². The first-order chi connectivity index (χ1) is 13.9. The molecule has 0 atom stereocenters. The average molecular weight is 368 g/mol. The molecule has 2 N–H and O–H groups in total. The molecule has 1 fully saturated rings. The number of anilines is 2. The highest BCUT2D eigenvalue weighted by molar-refractivity contribution is 5.92. The molecule has 0 saturated heterocycles. The van der Waals surface area contributed by atoms with Crippen LogP contribution in [0.15, 0.2) is 73.1 Å². The maximum absolute atomic E-state index is 4.59. The molecule has 0 bridgehead atoms. The van der Waals surface area contributed by atoms with Gasteiger partial charge in [-0.2, -0.15) is 0 Å². The van der Waals surface area contributed by atoms with Crippen molar-refractivity contribution in [3.63, 3.8) is 0 Å². The molecule has 4 heteroatoms. The monoisotopic (exact) mass is 368 g/mol. The third kappa shape index (κ3) is 3.38. The average Bonchev–Trinajstić information content (AvgIpc) is 2.76. The van der Waals surface area contributed by atoms with Crippen LogP contribution >= 0.6 is 0 Å². The quantitative estimate of drug-likeness (QED) is 0.491. The van der Waals surface area contributed by atoms with Gasteiger partial charge in [0.25, 0.3) is 0 Å². The molecule has 1 aliphatic rings. The lowest BCUT2D eigenvalue weighted by molar-refractivity contribution is 0.428. The first-order valence-electron chi connectivity index (χ1n) is 10.1. The van der Waals surface area contributed by atoms with Gasteiger partial charge in [0.05, 0.1) is 0 Å². The van der Waals surface area contributed by atoms with Crippen LogP contribution in [0.4, 0.5) is 11.6 Å². The van der Waals surface area contributed by atoms with Crippen molar-refractivity contribution in [3.8, 4) is 0 Å². The summed E-state index contributed by atoms with van der Waals surface area (Å²) in [5.41, 5.74) is 0. The normalized spacial score (nSPS) is 19.6. The Hall–Kier alpha value is -3.14. The fraction of sp³-hybridized carbons (Fsp3) is 0.250. The van der Waals surface area contributed by atoms with Crippen LogP contribution in [0.1, 0.15) is 25.7 Å². The Morgan fingerprint density at radius 2 is 1.00 bits per heavy atom. The number of aromatic nitrogens is 2. The first-order valence-corrected chi connectivity index (χ1v) is 10.1. The van der Waals surface area contributed by atoms with Gasteiger partial charge in [0, 0.05) is 35.2 Å². The van der Waals surface area contributed by atoms with Crippen molar-refractivity contribution in [2.24, 2.45) is 0 Å². The van der Waals surface area contributed by atoms with E-state index < -0.39 is 0 Å². The second-order valence-electron chi connectivity index (χ2n) is 7.60. The molecule has 2 aromatic heterocycles. The van der Waals surface area contributed by atoms with E-state index >= 15 is 0 Å². The smallest absolute Gasteiger partial charge is 0.134 e. The van der Waals surface area contributed by atoms with Crippen molar-refractivity contribution in [1.29, 1.82) is 0 Å². The second-order valence-corrected chi connectivity index (χ2v) is 7.60. The number of hydrogen-bond donors (Lipinski definition) is 2. The number of pyridine rings is 2. The van der Waals surface area contributed by atoms with Crippen LogP contribution in [0, 0.1) is 0 Å². The number of hydrogen-bond acceptors (Lipinski definition) is 4. The zero-order chi connectivity index (χ0) is 18.8. The summed E-state index contributed by atoms with van der Waals surface area (Å²) in [7, 11) is 0. The van der Waals surface area contributed by atoms with Crippen LogP contribution < -0.4 is 10.6 Å². The van der Waals surface area contributed by atoms with E-state index in [1.54, 1.807) is 0 Å². The van der Waals surface area contributed by atoms with Gasteiger partial charge in [-0.05, 0) is 48.6 Å². The largest absolute Gasteiger partial charge is 0.367 e. The summed E-state index contributed by atoms with van der Waals surface area (Å²) in [5, 5.41) is 12.2. The number of fused-ring (bicyclic) bond motifs is 2. The summed E-state index contributed by atoms with van der Waals surface area (Å²) in [4.78, 5) is 9.17. The highest BCUT2D eigenvalue weighted by Gasteiger charge is 2.22. The molecular formula is C24H24N4. The summed E-state index contributed by atoms with van der Waals surface area (Å²) in [6, 6.07) is 21.9. The number of nitrogens with one attached hydrogen (secondary N) is 2. The summed E-state index contributed by atoms with van der Waals surface area (Å²) >= 11 is 0. The molecule has 1 saturated carbocycles. The Bertz CT molecular complexity index is 1000. The Labute approximate surface area is 165 Å². The fourth-order valence-corrected chi connectivity index (χ4v) is 4.24. The minimum absolute atomic E-state index is 0.469. The highest BCUT2D eigenvalue weighted by atomic mass is 15.0. The molecular weight excluding hydrogens is 344 g/mol. The minimum atomic E-state index is 0.469. The maximum Gasteiger partial charge on any atom is 0.134 e. The molecule has 0 unspecified atom stereocenters. The lowest BCUT2D eigenvalue weighted by Gasteiger charge is -2.30. The molecule has 0 aliphatic heterocycles. The van der Waals surface area contributed by atoms with Gasteiger partial charge in [0.15, 0.2) is 0 Å². The van der Waals surface area contributed by atoms with E-state index in [1.165, 1.54) is 21.5 Å². The SMILES string of the molecule is c1ccc2c(NC3CCC(Nc4nccc5ccccc45)CC3)nccc2c1. The van der Waals surface area contributed by atoms with Crippen molar-refractivity contribution < 1.29 is 0 Å². The molecule has 0 radical (unpaired) electrons. The van der Waals surface area contributed by atoms with Crippen LogP contribution in [-0.4, -0.2) is 22.1 Å². The Balaban J connectivity index is 1.25. The third-order valence-corrected chi connectivity index (χ3v) is 5.76. The second kappa shape index (κ2) is 7.47.